The first-order valence-electron chi connectivity index (χ1n) is 11.1. The van der Waals surface area contributed by atoms with Gasteiger partial charge in [-0.2, -0.15) is 0 Å². The molecule has 1 fully saturated rings. The molecule has 1 N–H and O–H groups in total. The molecule has 2 aromatic carbocycles. The smallest absolute Gasteiger partial charge is 0.131 e. The van der Waals surface area contributed by atoms with Gasteiger partial charge >= 0.3 is 0 Å². The second-order valence-corrected chi connectivity index (χ2v) is 8.38. The van der Waals surface area contributed by atoms with Crippen LogP contribution in [0, 0.1) is 12.7 Å². The molecule has 1 atom stereocenters. The second-order valence-electron chi connectivity index (χ2n) is 8.38. The molecule has 170 valence electrons. The van der Waals surface area contributed by atoms with E-state index in [0.717, 1.165) is 37.7 Å². The molecular weight excluding hydrogens is 407 g/mol. The molecule has 0 saturated carbocycles. The lowest BCUT2D eigenvalue weighted by atomic mass is 10.1. The summed E-state index contributed by atoms with van der Waals surface area (Å²) in [5.74, 6) is 1.26. The number of aromatic nitrogens is 2. The molecular formula is C25H31FN4O2. The fourth-order valence-electron chi connectivity index (χ4n) is 4.40. The van der Waals surface area contributed by atoms with Gasteiger partial charge in [0.15, 0.2) is 0 Å². The molecule has 7 heteroatoms. The largest absolute Gasteiger partial charge is 0.497 e. The van der Waals surface area contributed by atoms with Crippen LogP contribution in [0.4, 0.5) is 4.39 Å². The number of halogens is 1. The topological polar surface area (TPSA) is 53.8 Å². The fourth-order valence-corrected chi connectivity index (χ4v) is 4.40. The Morgan fingerprint density at radius 2 is 2.03 bits per heavy atom. The van der Waals surface area contributed by atoms with E-state index in [9.17, 15) is 9.50 Å². The normalized spacial score (nSPS) is 17.6. The van der Waals surface area contributed by atoms with Crippen LogP contribution in [0.25, 0.3) is 5.69 Å². The van der Waals surface area contributed by atoms with Crippen molar-refractivity contribution in [2.45, 2.75) is 32.5 Å². The number of benzene rings is 2. The van der Waals surface area contributed by atoms with E-state index in [-0.39, 0.29) is 18.5 Å². The molecule has 4 rings (SSSR count). The van der Waals surface area contributed by atoms with Gasteiger partial charge < -0.3 is 14.4 Å². The van der Waals surface area contributed by atoms with Crippen LogP contribution in [0.2, 0.25) is 0 Å². The van der Waals surface area contributed by atoms with Gasteiger partial charge in [0.2, 0.25) is 0 Å². The molecule has 2 heterocycles. The molecule has 1 aliphatic heterocycles. The summed E-state index contributed by atoms with van der Waals surface area (Å²) in [6, 6.07) is 13.5. The molecule has 0 radical (unpaired) electrons. The summed E-state index contributed by atoms with van der Waals surface area (Å²) in [7, 11) is 1.54. The highest BCUT2D eigenvalue weighted by atomic mass is 19.1. The fraction of sp³-hybridized carbons (Fsp3) is 0.400. The van der Waals surface area contributed by atoms with E-state index in [1.165, 1.54) is 18.7 Å². The van der Waals surface area contributed by atoms with Gasteiger partial charge in [-0.05, 0) is 37.1 Å². The SMILES string of the molecule is COc1ccc(CN2CCN(Cc3nccn3-c3cccc(C)c3)C[C@H]2CCO)c(F)c1. The van der Waals surface area contributed by atoms with Crippen LogP contribution in [0.15, 0.2) is 54.9 Å². The van der Waals surface area contributed by atoms with Crippen LogP contribution >= 0.6 is 0 Å². The minimum absolute atomic E-state index is 0.109. The van der Waals surface area contributed by atoms with Crippen LogP contribution in [0.3, 0.4) is 0 Å². The van der Waals surface area contributed by atoms with Crippen LogP contribution in [-0.2, 0) is 13.1 Å². The molecule has 1 aromatic heterocycles. The zero-order valence-electron chi connectivity index (χ0n) is 18.7. The number of piperazine rings is 1. The first-order chi connectivity index (χ1) is 15.6. The van der Waals surface area contributed by atoms with Crippen LogP contribution < -0.4 is 4.74 Å². The molecule has 0 bridgehead atoms. The molecule has 0 amide bonds. The number of methoxy groups -OCH3 is 1. The first kappa shape index (κ1) is 22.5. The number of aliphatic hydroxyl groups is 1. The maximum Gasteiger partial charge on any atom is 0.131 e. The Bertz CT molecular complexity index is 1040. The molecule has 3 aromatic rings. The van der Waals surface area contributed by atoms with Crippen LogP contribution in [-0.4, -0.2) is 63.9 Å². The number of imidazole rings is 1. The highest BCUT2D eigenvalue weighted by molar-refractivity contribution is 5.36. The monoisotopic (exact) mass is 438 g/mol. The number of hydrogen-bond donors (Lipinski definition) is 1. The average Bonchev–Trinajstić information content (AvgIpc) is 3.25. The number of ether oxygens (including phenoxy) is 1. The van der Waals surface area contributed by atoms with Gasteiger partial charge in [0.1, 0.15) is 17.4 Å². The lowest BCUT2D eigenvalue weighted by Crippen LogP contribution is -2.52. The number of rotatable bonds is 8. The third-order valence-corrected chi connectivity index (χ3v) is 6.15. The van der Waals surface area contributed by atoms with E-state index in [2.05, 4.69) is 50.5 Å². The lowest BCUT2D eigenvalue weighted by molar-refractivity contribution is 0.0479. The summed E-state index contributed by atoms with van der Waals surface area (Å²) in [4.78, 5) is 9.24. The standard InChI is InChI=1S/C25H31FN4O2/c1-19-4-3-5-21(14-19)30-10-9-27-25(30)18-28-11-12-29(22(17-28)8-13-31)16-20-6-7-23(32-2)15-24(20)26/h3-7,9-10,14-15,22,31H,8,11-13,16-18H2,1-2H3/t22-/m1/s1. The van der Waals surface area contributed by atoms with Gasteiger partial charge in [-0.1, -0.05) is 18.2 Å². The Kier molecular flexibility index (Phi) is 7.19. The Hall–Kier alpha value is -2.74. The number of aryl methyl sites for hydroxylation is 1. The van der Waals surface area contributed by atoms with Crippen molar-refractivity contribution in [3.05, 3.63) is 77.6 Å². The average molecular weight is 439 g/mol. The van der Waals surface area contributed by atoms with E-state index >= 15 is 0 Å². The van der Waals surface area contributed by atoms with Crippen molar-refractivity contribution in [3.63, 3.8) is 0 Å². The van der Waals surface area contributed by atoms with Crippen molar-refractivity contribution >= 4 is 0 Å². The Balaban J connectivity index is 1.44. The predicted octanol–water partition coefficient (Wildman–Crippen LogP) is 3.40. The van der Waals surface area contributed by atoms with E-state index in [1.54, 1.807) is 12.1 Å². The Morgan fingerprint density at radius 1 is 1.16 bits per heavy atom. The highest BCUT2D eigenvalue weighted by Gasteiger charge is 2.28. The van der Waals surface area contributed by atoms with E-state index in [0.29, 0.717) is 24.3 Å². The van der Waals surface area contributed by atoms with Crippen molar-refractivity contribution < 1.29 is 14.2 Å². The number of aliphatic hydroxyl groups excluding tert-OH is 1. The predicted molar refractivity (Wildman–Crippen MR) is 122 cm³/mol. The summed E-state index contributed by atoms with van der Waals surface area (Å²) in [6.45, 7) is 5.92. The minimum atomic E-state index is -0.255. The van der Waals surface area contributed by atoms with Crippen molar-refractivity contribution in [3.8, 4) is 11.4 Å². The van der Waals surface area contributed by atoms with Crippen LogP contribution in [0.5, 0.6) is 5.75 Å². The summed E-state index contributed by atoms with van der Waals surface area (Å²) in [5.41, 5.74) is 2.97. The number of hydrogen-bond acceptors (Lipinski definition) is 5. The van der Waals surface area contributed by atoms with Gasteiger partial charge in [0.25, 0.3) is 0 Å². The van der Waals surface area contributed by atoms with Crippen molar-refractivity contribution in [2.24, 2.45) is 0 Å². The molecule has 0 unspecified atom stereocenters. The number of nitrogens with zero attached hydrogens (tertiary/aromatic N) is 4. The molecule has 1 saturated heterocycles. The summed E-state index contributed by atoms with van der Waals surface area (Å²) >= 11 is 0. The van der Waals surface area contributed by atoms with E-state index in [4.69, 9.17) is 4.74 Å². The maximum absolute atomic E-state index is 14.5. The third-order valence-electron chi connectivity index (χ3n) is 6.15. The molecule has 6 nitrogen and oxygen atoms in total. The molecule has 32 heavy (non-hydrogen) atoms. The van der Waals surface area contributed by atoms with E-state index in [1.807, 2.05) is 12.4 Å². The molecule has 0 aliphatic carbocycles. The maximum atomic E-state index is 14.5. The van der Waals surface area contributed by atoms with Gasteiger partial charge in [-0.3, -0.25) is 9.80 Å². The lowest BCUT2D eigenvalue weighted by Gasteiger charge is -2.41. The first-order valence-corrected chi connectivity index (χ1v) is 11.1. The highest BCUT2D eigenvalue weighted by Crippen LogP contribution is 2.22. The van der Waals surface area contributed by atoms with E-state index < -0.39 is 0 Å². The summed E-state index contributed by atoms with van der Waals surface area (Å²) < 4.78 is 21.7. The van der Waals surface area contributed by atoms with Gasteiger partial charge in [0, 0.05) is 68.5 Å². The Labute approximate surface area is 188 Å². The quantitative estimate of drug-likeness (QED) is 0.584. The minimum Gasteiger partial charge on any atom is -0.497 e. The van der Waals surface area contributed by atoms with Crippen LogP contribution in [0.1, 0.15) is 23.4 Å². The van der Waals surface area contributed by atoms with Gasteiger partial charge in [-0.25, -0.2) is 9.37 Å². The summed E-state index contributed by atoms with van der Waals surface area (Å²) in [5, 5.41) is 9.63. The molecule has 1 aliphatic rings. The third kappa shape index (κ3) is 5.18. The second kappa shape index (κ2) is 10.3. The van der Waals surface area contributed by atoms with Gasteiger partial charge in [0.05, 0.1) is 13.7 Å². The van der Waals surface area contributed by atoms with Crippen molar-refractivity contribution in [2.75, 3.05) is 33.4 Å². The zero-order valence-corrected chi connectivity index (χ0v) is 18.7. The molecule has 0 spiro atoms. The van der Waals surface area contributed by atoms with Crippen molar-refractivity contribution in [1.29, 1.82) is 0 Å². The van der Waals surface area contributed by atoms with Crippen molar-refractivity contribution in [1.82, 2.24) is 19.4 Å². The Morgan fingerprint density at radius 3 is 2.78 bits per heavy atom. The summed E-state index contributed by atoms with van der Waals surface area (Å²) in [6.07, 6.45) is 4.49. The zero-order chi connectivity index (χ0) is 22.5. The van der Waals surface area contributed by atoms with Gasteiger partial charge in [-0.15, -0.1) is 0 Å².